The Bertz CT molecular complexity index is 552. The third-order valence-corrected chi connectivity index (χ3v) is 4.10. The van der Waals surface area contributed by atoms with Crippen molar-refractivity contribution in [2.24, 2.45) is 0 Å². The summed E-state index contributed by atoms with van der Waals surface area (Å²) in [5.74, 6) is -0.365. The van der Waals surface area contributed by atoms with Crippen molar-refractivity contribution in [2.75, 3.05) is 43.4 Å². The lowest BCUT2D eigenvalue weighted by atomic mass is 10.2. The van der Waals surface area contributed by atoms with E-state index in [2.05, 4.69) is 33.0 Å². The molecule has 1 aromatic rings. The van der Waals surface area contributed by atoms with Crippen LogP contribution in [-0.2, 0) is 9.59 Å². The first kappa shape index (κ1) is 14.8. The van der Waals surface area contributed by atoms with Gasteiger partial charge in [-0.15, -0.1) is 0 Å². The first-order chi connectivity index (χ1) is 10.6. The summed E-state index contributed by atoms with van der Waals surface area (Å²) >= 11 is 0. The Morgan fingerprint density at radius 1 is 1.18 bits per heavy atom. The van der Waals surface area contributed by atoms with Crippen LogP contribution in [0.1, 0.15) is 6.42 Å². The van der Waals surface area contributed by atoms with Gasteiger partial charge in [0.1, 0.15) is 6.04 Å². The van der Waals surface area contributed by atoms with E-state index in [-0.39, 0.29) is 18.2 Å². The number of hydrazine groups is 1. The number of hydrogen-bond acceptors (Lipinski definition) is 5. The van der Waals surface area contributed by atoms with Crippen LogP contribution in [0.15, 0.2) is 24.3 Å². The van der Waals surface area contributed by atoms with Crippen LogP contribution in [0.25, 0.3) is 0 Å². The molecule has 0 aliphatic carbocycles. The van der Waals surface area contributed by atoms with Gasteiger partial charge < -0.3 is 15.1 Å². The first-order valence-corrected chi connectivity index (χ1v) is 7.50. The minimum atomic E-state index is -0.509. The molecule has 118 valence electrons. The zero-order valence-corrected chi connectivity index (χ0v) is 12.6. The number of rotatable bonds is 3. The van der Waals surface area contributed by atoms with Crippen LogP contribution < -0.4 is 21.1 Å². The molecular formula is C15H21N5O2. The van der Waals surface area contributed by atoms with Crippen LogP contribution in [-0.4, -0.2) is 56.0 Å². The number of piperazine rings is 1. The summed E-state index contributed by atoms with van der Waals surface area (Å²) < 4.78 is 0. The highest BCUT2D eigenvalue weighted by Gasteiger charge is 2.27. The molecule has 3 rings (SSSR count). The highest BCUT2D eigenvalue weighted by Crippen LogP contribution is 2.19. The minimum Gasteiger partial charge on any atom is -0.369 e. The van der Waals surface area contributed by atoms with Gasteiger partial charge in [-0.05, 0) is 31.3 Å². The highest BCUT2D eigenvalue weighted by molar-refractivity contribution is 5.99. The second-order valence-corrected chi connectivity index (χ2v) is 5.78. The molecule has 22 heavy (non-hydrogen) atoms. The number of nitrogens with zero attached hydrogens (tertiary/aromatic N) is 2. The maximum absolute atomic E-state index is 12.0. The van der Waals surface area contributed by atoms with E-state index in [0.717, 1.165) is 31.9 Å². The summed E-state index contributed by atoms with van der Waals surface area (Å²) in [6.07, 6.45) is 0.172. The Morgan fingerprint density at radius 2 is 1.86 bits per heavy atom. The van der Waals surface area contributed by atoms with E-state index in [4.69, 9.17) is 0 Å². The highest BCUT2D eigenvalue weighted by atomic mass is 16.2. The second-order valence-electron chi connectivity index (χ2n) is 5.78. The molecule has 1 aromatic carbocycles. The summed E-state index contributed by atoms with van der Waals surface area (Å²) in [6, 6.07) is 7.33. The van der Waals surface area contributed by atoms with E-state index in [1.165, 1.54) is 5.69 Å². The molecule has 2 aliphatic heterocycles. The van der Waals surface area contributed by atoms with Crippen molar-refractivity contribution in [1.29, 1.82) is 0 Å². The van der Waals surface area contributed by atoms with Gasteiger partial charge in [-0.25, -0.2) is 5.43 Å². The number of benzene rings is 1. The topological polar surface area (TPSA) is 76.7 Å². The third kappa shape index (κ3) is 3.37. The quantitative estimate of drug-likeness (QED) is 0.719. The van der Waals surface area contributed by atoms with Crippen molar-refractivity contribution in [3.05, 3.63) is 24.3 Å². The number of carbonyl (C=O) groups is 2. The Labute approximate surface area is 129 Å². The predicted molar refractivity (Wildman–Crippen MR) is 84.5 cm³/mol. The fourth-order valence-corrected chi connectivity index (χ4v) is 2.66. The van der Waals surface area contributed by atoms with E-state index in [1.807, 2.05) is 24.3 Å². The number of likely N-dealkylation sites (N-methyl/N-ethyl adjacent to an activating group) is 1. The molecule has 7 nitrogen and oxygen atoms in total. The Morgan fingerprint density at radius 3 is 2.45 bits per heavy atom. The molecule has 0 aromatic heterocycles. The second kappa shape index (κ2) is 6.33. The lowest BCUT2D eigenvalue weighted by Crippen LogP contribution is -2.44. The zero-order valence-electron chi connectivity index (χ0n) is 12.6. The van der Waals surface area contributed by atoms with E-state index >= 15 is 0 Å². The fourth-order valence-electron chi connectivity index (χ4n) is 2.66. The van der Waals surface area contributed by atoms with Crippen LogP contribution in [0.5, 0.6) is 0 Å². The molecule has 3 N–H and O–H groups in total. The van der Waals surface area contributed by atoms with Crippen LogP contribution in [0.3, 0.4) is 0 Å². The Kier molecular flexibility index (Phi) is 4.26. The molecule has 2 heterocycles. The largest absolute Gasteiger partial charge is 0.369 e. The summed E-state index contributed by atoms with van der Waals surface area (Å²) in [5.41, 5.74) is 7.01. The van der Waals surface area contributed by atoms with Gasteiger partial charge in [0.15, 0.2) is 0 Å². The van der Waals surface area contributed by atoms with Crippen molar-refractivity contribution in [1.82, 2.24) is 15.8 Å². The van der Waals surface area contributed by atoms with Gasteiger partial charge in [0, 0.05) is 37.6 Å². The summed E-state index contributed by atoms with van der Waals surface area (Å²) in [6.45, 7) is 4.16. The maximum Gasteiger partial charge on any atom is 0.243 e. The van der Waals surface area contributed by atoms with Gasteiger partial charge >= 0.3 is 0 Å². The first-order valence-electron chi connectivity index (χ1n) is 7.50. The van der Waals surface area contributed by atoms with Gasteiger partial charge in [-0.3, -0.25) is 15.0 Å². The van der Waals surface area contributed by atoms with Crippen molar-refractivity contribution in [3.63, 3.8) is 0 Å². The van der Waals surface area contributed by atoms with Crippen molar-refractivity contribution < 1.29 is 9.59 Å². The lowest BCUT2D eigenvalue weighted by Gasteiger charge is -2.34. The predicted octanol–water partition coefficient (Wildman–Crippen LogP) is -0.230. The molecule has 0 spiro atoms. The summed E-state index contributed by atoms with van der Waals surface area (Å²) in [5, 5.41) is 2.82. The maximum atomic E-state index is 12.0. The molecule has 0 radical (unpaired) electrons. The molecule has 0 bridgehead atoms. The van der Waals surface area contributed by atoms with Crippen LogP contribution in [0.2, 0.25) is 0 Å². The van der Waals surface area contributed by atoms with Gasteiger partial charge in [-0.2, -0.15) is 0 Å². The molecule has 2 fully saturated rings. The van der Waals surface area contributed by atoms with E-state index in [1.54, 1.807) is 0 Å². The summed E-state index contributed by atoms with van der Waals surface area (Å²) in [7, 11) is 2.13. The molecular weight excluding hydrogens is 282 g/mol. The van der Waals surface area contributed by atoms with Crippen LogP contribution in [0.4, 0.5) is 11.4 Å². The number of anilines is 2. The van der Waals surface area contributed by atoms with Crippen LogP contribution >= 0.6 is 0 Å². The zero-order chi connectivity index (χ0) is 15.5. The Balaban J connectivity index is 1.57. The van der Waals surface area contributed by atoms with Gasteiger partial charge in [0.25, 0.3) is 0 Å². The minimum absolute atomic E-state index is 0.162. The molecule has 7 heteroatoms. The standard InChI is InChI=1S/C15H21N5O2/c1-19-6-8-20(9-7-19)12-4-2-11(3-5-12)16-15(22)13-10-14(21)18-17-13/h2-5,13,17H,6-10H2,1H3,(H,16,22)(H,18,21). The normalized spacial score (nSPS) is 22.5. The smallest absolute Gasteiger partial charge is 0.243 e. The average molecular weight is 303 g/mol. The SMILES string of the molecule is CN1CCN(c2ccc(NC(=O)C3CC(=O)NN3)cc2)CC1. The number of hydrogen-bond donors (Lipinski definition) is 3. The summed E-state index contributed by atoms with van der Waals surface area (Å²) in [4.78, 5) is 27.7. The van der Waals surface area contributed by atoms with E-state index in [9.17, 15) is 9.59 Å². The van der Waals surface area contributed by atoms with Crippen LogP contribution in [0, 0.1) is 0 Å². The average Bonchev–Trinajstić information content (AvgIpc) is 2.96. The number of nitrogens with one attached hydrogen (secondary N) is 3. The van der Waals surface area contributed by atoms with Crippen molar-refractivity contribution >= 4 is 23.2 Å². The van der Waals surface area contributed by atoms with Crippen molar-refractivity contribution in [3.8, 4) is 0 Å². The van der Waals surface area contributed by atoms with E-state index < -0.39 is 6.04 Å². The molecule has 1 unspecified atom stereocenters. The number of amides is 2. The van der Waals surface area contributed by atoms with Crippen molar-refractivity contribution in [2.45, 2.75) is 12.5 Å². The number of carbonyl (C=O) groups excluding carboxylic acids is 2. The van der Waals surface area contributed by atoms with Gasteiger partial charge in [-0.1, -0.05) is 0 Å². The van der Waals surface area contributed by atoms with E-state index in [0.29, 0.717) is 0 Å². The molecule has 2 aliphatic rings. The molecule has 1 atom stereocenters. The monoisotopic (exact) mass is 303 g/mol. The molecule has 2 amide bonds. The van der Waals surface area contributed by atoms with Gasteiger partial charge in [0.05, 0.1) is 6.42 Å². The van der Waals surface area contributed by atoms with Gasteiger partial charge in [0.2, 0.25) is 11.8 Å². The Hall–Kier alpha value is -2.12. The third-order valence-electron chi connectivity index (χ3n) is 4.10. The molecule has 2 saturated heterocycles. The molecule has 0 saturated carbocycles. The lowest BCUT2D eigenvalue weighted by molar-refractivity contribution is -0.121. The fraction of sp³-hybridized carbons (Fsp3) is 0.467.